The van der Waals surface area contributed by atoms with Crippen LogP contribution in [0, 0.1) is 5.92 Å². The Balaban J connectivity index is 2.07. The Hall–Kier alpha value is -2.38. The first-order chi connectivity index (χ1) is 11.4. The third-order valence-electron chi connectivity index (χ3n) is 3.83. The van der Waals surface area contributed by atoms with Gasteiger partial charge in [-0.1, -0.05) is 32.0 Å². The Kier molecular flexibility index (Phi) is 5.94. The predicted octanol–water partition coefficient (Wildman–Crippen LogP) is 1.76. The van der Waals surface area contributed by atoms with Gasteiger partial charge in [0.2, 0.25) is 0 Å². The first kappa shape index (κ1) is 18.0. The van der Waals surface area contributed by atoms with Gasteiger partial charge in [-0.25, -0.2) is 10.9 Å². The van der Waals surface area contributed by atoms with Crippen molar-refractivity contribution < 1.29 is 19.8 Å². The van der Waals surface area contributed by atoms with Crippen LogP contribution in [-0.4, -0.2) is 39.2 Å². The maximum Gasteiger partial charge on any atom is 0.322 e. The second-order valence-corrected chi connectivity index (χ2v) is 6.26. The normalized spacial score (nSPS) is 14.0. The van der Waals surface area contributed by atoms with Crippen molar-refractivity contribution in [2.45, 2.75) is 38.8 Å². The molecule has 0 aliphatic heterocycles. The lowest BCUT2D eigenvalue weighted by Crippen LogP contribution is -2.53. The van der Waals surface area contributed by atoms with Crippen molar-refractivity contribution in [1.29, 1.82) is 0 Å². The second kappa shape index (κ2) is 7.94. The van der Waals surface area contributed by atoms with E-state index in [1.165, 1.54) is 0 Å². The van der Waals surface area contributed by atoms with E-state index < -0.39 is 24.0 Å². The van der Waals surface area contributed by atoms with E-state index in [1.54, 1.807) is 6.20 Å². The summed E-state index contributed by atoms with van der Waals surface area (Å²) in [5.41, 5.74) is 7.12. The Labute approximate surface area is 140 Å². The highest BCUT2D eigenvalue weighted by Gasteiger charge is 2.24. The molecule has 1 heterocycles. The van der Waals surface area contributed by atoms with Crippen molar-refractivity contribution >= 4 is 22.8 Å². The number of carbonyl (C=O) groups is 2. The van der Waals surface area contributed by atoms with Crippen LogP contribution in [0.1, 0.15) is 25.8 Å². The number of benzene rings is 1. The fourth-order valence-corrected chi connectivity index (χ4v) is 2.61. The zero-order valence-electron chi connectivity index (χ0n) is 13.7. The number of carboxylic acid groups (broad SMARTS) is 2. The zero-order chi connectivity index (χ0) is 17.7. The summed E-state index contributed by atoms with van der Waals surface area (Å²) in [5, 5.41) is 19.6. The molecule has 7 heteroatoms. The molecule has 2 atom stereocenters. The van der Waals surface area contributed by atoms with E-state index in [-0.39, 0.29) is 12.3 Å². The van der Waals surface area contributed by atoms with Crippen molar-refractivity contribution in [2.24, 2.45) is 5.92 Å². The van der Waals surface area contributed by atoms with Crippen molar-refractivity contribution in [3.05, 3.63) is 36.0 Å². The summed E-state index contributed by atoms with van der Waals surface area (Å²) in [7, 11) is 0. The maximum atomic E-state index is 11.5. The number of aromatic amines is 1. The van der Waals surface area contributed by atoms with Gasteiger partial charge in [0, 0.05) is 23.5 Å². The molecule has 24 heavy (non-hydrogen) atoms. The van der Waals surface area contributed by atoms with Gasteiger partial charge in [0.05, 0.1) is 0 Å². The van der Waals surface area contributed by atoms with Crippen molar-refractivity contribution in [1.82, 2.24) is 15.8 Å². The van der Waals surface area contributed by atoms with Crippen molar-refractivity contribution in [2.75, 3.05) is 0 Å². The topological polar surface area (TPSA) is 114 Å². The highest BCUT2D eigenvalue weighted by Crippen LogP contribution is 2.19. The first-order valence-electron chi connectivity index (χ1n) is 7.90. The molecule has 5 N–H and O–H groups in total. The number of hydrazine groups is 1. The number of nitrogens with one attached hydrogen (secondary N) is 3. The van der Waals surface area contributed by atoms with Gasteiger partial charge < -0.3 is 15.2 Å². The fourth-order valence-electron chi connectivity index (χ4n) is 2.61. The molecule has 0 saturated carbocycles. The summed E-state index contributed by atoms with van der Waals surface area (Å²) in [6, 6.07) is 5.87. The van der Waals surface area contributed by atoms with E-state index in [1.807, 2.05) is 38.1 Å². The van der Waals surface area contributed by atoms with Gasteiger partial charge in [-0.2, -0.15) is 0 Å². The molecule has 2 rings (SSSR count). The van der Waals surface area contributed by atoms with Gasteiger partial charge in [-0.3, -0.25) is 9.59 Å². The number of H-pyrrole nitrogens is 1. The average Bonchev–Trinajstić information content (AvgIpc) is 2.92. The van der Waals surface area contributed by atoms with Crippen LogP contribution in [-0.2, 0) is 16.0 Å². The molecule has 0 fully saturated rings. The van der Waals surface area contributed by atoms with Crippen molar-refractivity contribution in [3.63, 3.8) is 0 Å². The summed E-state index contributed by atoms with van der Waals surface area (Å²) in [5.74, 6) is -1.87. The predicted molar refractivity (Wildman–Crippen MR) is 90.6 cm³/mol. The smallest absolute Gasteiger partial charge is 0.322 e. The number of hydrogen-bond acceptors (Lipinski definition) is 4. The first-order valence-corrected chi connectivity index (χ1v) is 7.90. The van der Waals surface area contributed by atoms with Gasteiger partial charge in [-0.15, -0.1) is 0 Å². The molecule has 0 bridgehead atoms. The number of para-hydroxylation sites is 1. The minimum absolute atomic E-state index is 0.178. The number of fused-ring (bicyclic) bond motifs is 1. The van der Waals surface area contributed by atoms with Crippen LogP contribution in [0.5, 0.6) is 0 Å². The van der Waals surface area contributed by atoms with Gasteiger partial charge in [0.1, 0.15) is 12.1 Å². The summed E-state index contributed by atoms with van der Waals surface area (Å²) in [4.78, 5) is 25.9. The summed E-state index contributed by atoms with van der Waals surface area (Å²) >= 11 is 0. The molecule has 2 aromatic rings. The van der Waals surface area contributed by atoms with E-state index in [4.69, 9.17) is 0 Å². The Morgan fingerprint density at radius 3 is 2.33 bits per heavy atom. The van der Waals surface area contributed by atoms with Crippen molar-refractivity contribution in [3.8, 4) is 0 Å². The SMILES string of the molecule is CC(C)C[C@@H](NN[C@@H](Cc1c[nH]c2ccccc12)C(=O)O)C(=O)O. The highest BCUT2D eigenvalue weighted by molar-refractivity contribution is 5.84. The molecule has 1 aromatic heterocycles. The molecule has 0 aliphatic carbocycles. The molecule has 0 saturated heterocycles. The average molecular weight is 333 g/mol. The third kappa shape index (κ3) is 4.56. The molecular formula is C17H23N3O4. The molecule has 1 aromatic carbocycles. The molecule has 130 valence electrons. The standard InChI is InChI=1S/C17H23N3O4/c1-10(2)7-14(16(21)22)19-20-15(17(23)24)8-11-9-18-13-6-4-3-5-12(11)13/h3-6,9-10,14-15,18-20H,7-8H2,1-2H3,(H,21,22)(H,23,24)/t14-,15+/m1/s1. The minimum atomic E-state index is -1.04. The minimum Gasteiger partial charge on any atom is -0.480 e. The van der Waals surface area contributed by atoms with E-state index in [0.29, 0.717) is 6.42 Å². The van der Waals surface area contributed by atoms with Crippen LogP contribution in [0.4, 0.5) is 0 Å². The number of rotatable bonds is 9. The Morgan fingerprint density at radius 2 is 1.71 bits per heavy atom. The van der Waals surface area contributed by atoms with Crippen LogP contribution >= 0.6 is 0 Å². The van der Waals surface area contributed by atoms with Crippen LogP contribution in [0.3, 0.4) is 0 Å². The molecular weight excluding hydrogens is 310 g/mol. The molecule has 7 nitrogen and oxygen atoms in total. The number of aliphatic carboxylic acids is 2. The molecule has 0 radical (unpaired) electrons. The van der Waals surface area contributed by atoms with Gasteiger partial charge >= 0.3 is 11.9 Å². The Morgan fingerprint density at radius 1 is 1.08 bits per heavy atom. The summed E-state index contributed by atoms with van der Waals surface area (Å²) < 4.78 is 0. The molecule has 0 spiro atoms. The number of hydrogen-bond donors (Lipinski definition) is 5. The quantitative estimate of drug-likeness (QED) is 0.447. The largest absolute Gasteiger partial charge is 0.480 e. The van der Waals surface area contributed by atoms with E-state index in [2.05, 4.69) is 15.8 Å². The van der Waals surface area contributed by atoms with Crippen LogP contribution in [0.15, 0.2) is 30.5 Å². The van der Waals surface area contributed by atoms with Gasteiger partial charge in [-0.05, 0) is 24.0 Å². The summed E-state index contributed by atoms with van der Waals surface area (Å²) in [6.07, 6.45) is 2.42. The molecule has 0 aliphatic rings. The van der Waals surface area contributed by atoms with Gasteiger partial charge in [0.15, 0.2) is 0 Å². The highest BCUT2D eigenvalue weighted by atomic mass is 16.4. The Bertz CT molecular complexity index is 711. The van der Waals surface area contributed by atoms with Gasteiger partial charge in [0.25, 0.3) is 0 Å². The van der Waals surface area contributed by atoms with Crippen LogP contribution in [0.25, 0.3) is 10.9 Å². The lowest BCUT2D eigenvalue weighted by atomic mass is 10.0. The lowest BCUT2D eigenvalue weighted by molar-refractivity contribution is -0.143. The van der Waals surface area contributed by atoms with E-state index in [9.17, 15) is 19.8 Å². The number of carboxylic acids is 2. The lowest BCUT2D eigenvalue weighted by Gasteiger charge is -2.21. The number of aromatic nitrogens is 1. The maximum absolute atomic E-state index is 11.5. The van der Waals surface area contributed by atoms with Crippen LogP contribution < -0.4 is 10.9 Å². The van der Waals surface area contributed by atoms with Crippen LogP contribution in [0.2, 0.25) is 0 Å². The summed E-state index contributed by atoms with van der Waals surface area (Å²) in [6.45, 7) is 3.83. The zero-order valence-corrected chi connectivity index (χ0v) is 13.7. The third-order valence-corrected chi connectivity index (χ3v) is 3.83. The fraction of sp³-hybridized carbons (Fsp3) is 0.412. The second-order valence-electron chi connectivity index (χ2n) is 6.26. The van der Waals surface area contributed by atoms with E-state index >= 15 is 0 Å². The molecule has 0 amide bonds. The monoisotopic (exact) mass is 333 g/mol. The molecule has 0 unspecified atom stereocenters. The van der Waals surface area contributed by atoms with E-state index in [0.717, 1.165) is 16.5 Å².